The minimum atomic E-state index is 0.430. The Morgan fingerprint density at radius 1 is 1.41 bits per heavy atom. The van der Waals surface area contributed by atoms with Crippen molar-refractivity contribution in [1.82, 2.24) is 14.5 Å². The molecule has 0 aliphatic carbocycles. The van der Waals surface area contributed by atoms with Crippen LogP contribution >= 0.6 is 0 Å². The standard InChI is InChI=1S/C17H21N5/c1-3-16-19-8-10-22(16)14-5-4-9-21(12-14)17-7-6-13(2)15(11-18)20-17/h6-8,10,14H,3-5,9,12H2,1-2H3. The van der Waals surface area contributed by atoms with Crippen molar-refractivity contribution in [1.29, 1.82) is 5.26 Å². The number of nitrogens with zero attached hydrogens (tertiary/aromatic N) is 5. The third kappa shape index (κ3) is 2.69. The van der Waals surface area contributed by atoms with Crippen LogP contribution in [0.5, 0.6) is 0 Å². The van der Waals surface area contributed by atoms with Crippen LogP contribution < -0.4 is 4.90 Å². The second-order valence-corrected chi connectivity index (χ2v) is 5.79. The van der Waals surface area contributed by atoms with E-state index < -0.39 is 0 Å². The first-order chi connectivity index (χ1) is 10.7. The van der Waals surface area contributed by atoms with Crippen LogP contribution in [0.2, 0.25) is 0 Å². The number of piperidine rings is 1. The number of pyridine rings is 1. The molecule has 0 saturated carbocycles. The van der Waals surface area contributed by atoms with E-state index in [1.54, 1.807) is 0 Å². The second kappa shape index (κ2) is 6.18. The van der Waals surface area contributed by atoms with Crippen molar-refractivity contribution in [2.45, 2.75) is 39.2 Å². The normalized spacial score (nSPS) is 18.2. The summed E-state index contributed by atoms with van der Waals surface area (Å²) in [7, 11) is 0. The Morgan fingerprint density at radius 3 is 3.05 bits per heavy atom. The number of hydrogen-bond acceptors (Lipinski definition) is 4. The molecule has 0 N–H and O–H groups in total. The number of aromatic nitrogens is 3. The van der Waals surface area contributed by atoms with Gasteiger partial charge in [-0.1, -0.05) is 13.0 Å². The van der Waals surface area contributed by atoms with Crippen LogP contribution in [0.4, 0.5) is 5.82 Å². The van der Waals surface area contributed by atoms with Gasteiger partial charge in [-0.05, 0) is 31.4 Å². The van der Waals surface area contributed by atoms with Crippen molar-refractivity contribution in [2.24, 2.45) is 0 Å². The molecule has 1 fully saturated rings. The van der Waals surface area contributed by atoms with Crippen LogP contribution in [-0.4, -0.2) is 27.6 Å². The molecule has 3 rings (SSSR count). The summed E-state index contributed by atoms with van der Waals surface area (Å²) in [5.74, 6) is 2.05. The summed E-state index contributed by atoms with van der Waals surface area (Å²) in [4.78, 5) is 11.2. The van der Waals surface area contributed by atoms with E-state index in [0.29, 0.717) is 11.7 Å². The van der Waals surface area contributed by atoms with Gasteiger partial charge in [0.15, 0.2) is 0 Å². The highest BCUT2D eigenvalue weighted by Crippen LogP contribution is 2.26. The van der Waals surface area contributed by atoms with E-state index in [1.165, 1.54) is 0 Å². The highest BCUT2D eigenvalue weighted by atomic mass is 15.2. The predicted octanol–water partition coefficient (Wildman–Crippen LogP) is 2.86. The molecular formula is C17H21N5. The van der Waals surface area contributed by atoms with Crippen molar-refractivity contribution in [2.75, 3.05) is 18.0 Å². The van der Waals surface area contributed by atoms with Gasteiger partial charge in [-0.2, -0.15) is 5.26 Å². The summed E-state index contributed by atoms with van der Waals surface area (Å²) in [6, 6.07) is 6.62. The molecule has 1 aliphatic rings. The molecule has 5 heteroatoms. The largest absolute Gasteiger partial charge is 0.354 e. The smallest absolute Gasteiger partial charge is 0.145 e. The van der Waals surface area contributed by atoms with Gasteiger partial charge in [0.2, 0.25) is 0 Å². The molecule has 3 heterocycles. The minimum absolute atomic E-state index is 0.430. The topological polar surface area (TPSA) is 57.7 Å². The zero-order valence-corrected chi connectivity index (χ0v) is 13.2. The quantitative estimate of drug-likeness (QED) is 0.873. The van der Waals surface area contributed by atoms with E-state index in [-0.39, 0.29) is 0 Å². The highest BCUT2D eigenvalue weighted by molar-refractivity contribution is 5.45. The molecule has 0 spiro atoms. The molecule has 0 amide bonds. The van der Waals surface area contributed by atoms with Gasteiger partial charge in [0.25, 0.3) is 0 Å². The summed E-state index contributed by atoms with van der Waals surface area (Å²) in [6.45, 7) is 5.98. The van der Waals surface area contributed by atoms with Gasteiger partial charge in [-0.3, -0.25) is 0 Å². The molecule has 0 bridgehead atoms. The van der Waals surface area contributed by atoms with Gasteiger partial charge in [0.05, 0.1) is 6.04 Å². The predicted molar refractivity (Wildman–Crippen MR) is 85.8 cm³/mol. The lowest BCUT2D eigenvalue weighted by Crippen LogP contribution is -2.37. The third-order valence-corrected chi connectivity index (χ3v) is 4.37. The number of imidazole rings is 1. The maximum Gasteiger partial charge on any atom is 0.145 e. The molecule has 22 heavy (non-hydrogen) atoms. The molecule has 1 saturated heterocycles. The summed E-state index contributed by atoms with van der Waals surface area (Å²) in [5, 5.41) is 9.17. The lowest BCUT2D eigenvalue weighted by atomic mass is 10.0. The fourth-order valence-electron chi connectivity index (χ4n) is 3.15. The van der Waals surface area contributed by atoms with E-state index in [9.17, 15) is 0 Å². The molecule has 0 radical (unpaired) electrons. The average Bonchev–Trinajstić information content (AvgIpc) is 3.04. The van der Waals surface area contributed by atoms with Crippen LogP contribution in [0.1, 0.15) is 42.9 Å². The summed E-state index contributed by atoms with van der Waals surface area (Å²) in [6.07, 6.45) is 7.21. The molecule has 1 unspecified atom stereocenters. The van der Waals surface area contributed by atoms with Crippen LogP contribution in [-0.2, 0) is 6.42 Å². The summed E-state index contributed by atoms with van der Waals surface area (Å²) in [5.41, 5.74) is 1.46. The Morgan fingerprint density at radius 2 is 2.27 bits per heavy atom. The van der Waals surface area contributed by atoms with Crippen molar-refractivity contribution >= 4 is 5.82 Å². The SMILES string of the molecule is CCc1nccn1C1CCCN(c2ccc(C)c(C#N)n2)C1. The number of nitriles is 1. The lowest BCUT2D eigenvalue weighted by molar-refractivity contribution is 0.394. The van der Waals surface area contributed by atoms with E-state index in [0.717, 1.165) is 49.6 Å². The Bertz CT molecular complexity index is 697. The van der Waals surface area contributed by atoms with Gasteiger partial charge >= 0.3 is 0 Å². The maximum absolute atomic E-state index is 9.17. The first-order valence-electron chi connectivity index (χ1n) is 7.87. The Hall–Kier alpha value is -2.35. The highest BCUT2D eigenvalue weighted by Gasteiger charge is 2.23. The van der Waals surface area contributed by atoms with Crippen LogP contribution in [0.3, 0.4) is 0 Å². The number of rotatable bonds is 3. The van der Waals surface area contributed by atoms with Crippen molar-refractivity contribution in [3.63, 3.8) is 0 Å². The molecule has 1 aliphatic heterocycles. The van der Waals surface area contributed by atoms with Gasteiger partial charge in [0, 0.05) is 31.9 Å². The van der Waals surface area contributed by atoms with Gasteiger partial charge in [-0.25, -0.2) is 9.97 Å². The van der Waals surface area contributed by atoms with Gasteiger partial charge in [0.1, 0.15) is 23.4 Å². The maximum atomic E-state index is 9.17. The second-order valence-electron chi connectivity index (χ2n) is 5.79. The van der Waals surface area contributed by atoms with Gasteiger partial charge < -0.3 is 9.47 Å². The Balaban J connectivity index is 1.83. The Kier molecular flexibility index (Phi) is 4.10. The zero-order valence-electron chi connectivity index (χ0n) is 13.2. The van der Waals surface area contributed by atoms with Crippen molar-refractivity contribution in [3.8, 4) is 6.07 Å². The molecule has 114 valence electrons. The van der Waals surface area contributed by atoms with Crippen LogP contribution in [0.25, 0.3) is 0 Å². The molecule has 1 atom stereocenters. The molecule has 2 aromatic rings. The van der Waals surface area contributed by atoms with Crippen molar-refractivity contribution < 1.29 is 0 Å². The molecule has 5 nitrogen and oxygen atoms in total. The number of anilines is 1. The minimum Gasteiger partial charge on any atom is -0.354 e. The lowest BCUT2D eigenvalue weighted by Gasteiger charge is -2.35. The first kappa shape index (κ1) is 14.6. The molecule has 0 aromatic carbocycles. The monoisotopic (exact) mass is 295 g/mol. The van der Waals surface area contributed by atoms with Gasteiger partial charge in [-0.15, -0.1) is 0 Å². The van der Waals surface area contributed by atoms with Crippen LogP contribution in [0, 0.1) is 18.3 Å². The average molecular weight is 295 g/mol. The Labute approximate surface area is 131 Å². The van der Waals surface area contributed by atoms with E-state index in [1.807, 2.05) is 25.3 Å². The molecule has 2 aromatic heterocycles. The van der Waals surface area contributed by atoms with Crippen LogP contribution in [0.15, 0.2) is 24.5 Å². The number of aryl methyl sites for hydroxylation is 2. The van der Waals surface area contributed by atoms with Crippen molar-refractivity contribution in [3.05, 3.63) is 41.6 Å². The third-order valence-electron chi connectivity index (χ3n) is 4.37. The fraction of sp³-hybridized carbons (Fsp3) is 0.471. The zero-order chi connectivity index (χ0) is 15.5. The summed E-state index contributed by atoms with van der Waals surface area (Å²) < 4.78 is 2.30. The van der Waals surface area contributed by atoms with E-state index in [2.05, 4.69) is 38.6 Å². The molecular weight excluding hydrogens is 274 g/mol. The van der Waals surface area contributed by atoms with E-state index >= 15 is 0 Å². The fourth-order valence-corrected chi connectivity index (χ4v) is 3.15. The number of hydrogen-bond donors (Lipinski definition) is 0. The van der Waals surface area contributed by atoms with E-state index in [4.69, 9.17) is 5.26 Å². The first-order valence-corrected chi connectivity index (χ1v) is 7.87. The summed E-state index contributed by atoms with van der Waals surface area (Å²) >= 11 is 0.